The molecule has 0 aliphatic heterocycles. The van der Waals surface area contributed by atoms with E-state index in [1.807, 2.05) is 0 Å². The molecule has 0 radical (unpaired) electrons. The third kappa shape index (κ3) is 10.4. The first-order valence-electron chi connectivity index (χ1n) is 12.2. The maximum Gasteiger partial charge on any atom is 0.449 e. The Balaban J connectivity index is 1.67. The summed E-state index contributed by atoms with van der Waals surface area (Å²) in [5.41, 5.74) is -1.93. The van der Waals surface area contributed by atoms with E-state index >= 15 is 0 Å². The molecule has 34 heavy (non-hydrogen) atoms. The summed E-state index contributed by atoms with van der Waals surface area (Å²) in [4.78, 5) is 67.3. The Morgan fingerprint density at radius 1 is 0.559 bits per heavy atom. The van der Waals surface area contributed by atoms with Crippen molar-refractivity contribution in [3.05, 3.63) is 0 Å². The number of carbonyl (C=O) groups excluding carboxylic acids is 4. The Morgan fingerprint density at radius 2 is 0.882 bits per heavy atom. The van der Waals surface area contributed by atoms with Gasteiger partial charge in [0.25, 0.3) is 0 Å². The van der Waals surface area contributed by atoms with E-state index in [0.717, 1.165) is 64.2 Å². The Kier molecular flexibility index (Phi) is 10.8. The third-order valence-electron chi connectivity index (χ3n) is 6.00. The Hall–Kier alpha value is -2.20. The van der Waals surface area contributed by atoms with Crippen LogP contribution in [0.2, 0.25) is 0 Å². The van der Waals surface area contributed by atoms with Crippen molar-refractivity contribution in [1.29, 1.82) is 0 Å². The molecule has 2 fully saturated rings. The molecule has 0 spiro atoms. The predicted octanol–water partition coefficient (Wildman–Crippen LogP) is 4.03. The maximum atomic E-state index is 11.9. The first-order chi connectivity index (χ1) is 16.0. The van der Waals surface area contributed by atoms with Crippen LogP contribution in [0.5, 0.6) is 0 Å². The predicted molar refractivity (Wildman–Crippen MR) is 118 cm³/mol. The van der Waals surface area contributed by atoms with Gasteiger partial charge in [0.05, 0.1) is 0 Å². The molecule has 2 saturated carbocycles. The number of carbonyl (C=O) groups is 4. The smallest absolute Gasteiger partial charge is 0.449 e. The van der Waals surface area contributed by atoms with E-state index in [9.17, 15) is 19.2 Å². The van der Waals surface area contributed by atoms with E-state index in [1.165, 1.54) is 0 Å². The van der Waals surface area contributed by atoms with Crippen LogP contribution >= 0.6 is 0 Å². The van der Waals surface area contributed by atoms with Gasteiger partial charge in [-0.25, -0.2) is 19.2 Å². The molecule has 2 rings (SSSR count). The normalized spacial score (nSPS) is 18.1. The van der Waals surface area contributed by atoms with E-state index in [1.54, 1.807) is 27.7 Å². The van der Waals surface area contributed by atoms with E-state index in [2.05, 4.69) is 9.78 Å². The van der Waals surface area contributed by atoms with Crippen molar-refractivity contribution in [3.63, 3.8) is 0 Å². The summed E-state index contributed by atoms with van der Waals surface area (Å²) in [6.07, 6.45) is 9.11. The van der Waals surface area contributed by atoms with Gasteiger partial charge in [0, 0.05) is 0 Å². The molecule has 194 valence electrons. The van der Waals surface area contributed by atoms with Crippen molar-refractivity contribution in [2.24, 2.45) is 0 Å². The van der Waals surface area contributed by atoms with E-state index in [4.69, 9.17) is 19.2 Å². The fourth-order valence-electron chi connectivity index (χ4n) is 3.82. The third-order valence-corrected chi connectivity index (χ3v) is 6.00. The van der Waals surface area contributed by atoms with Crippen LogP contribution in [0.15, 0.2) is 0 Å². The summed E-state index contributed by atoms with van der Waals surface area (Å²) in [5.74, 6) is -4.56. The molecule has 0 heterocycles. The molecule has 0 atom stereocenters. The Morgan fingerprint density at radius 3 is 1.21 bits per heavy atom. The number of ether oxygens (including phenoxy) is 2. The standard InChI is InChI=1S/C24H38O10/c1-23(2,33-31-21(27)19(25)29-17-11-7-5-8-12-17)15-16-24(3,4)34-32-22(28)20(26)30-18-13-9-6-10-14-18/h17-18H,5-16H2,1-4H3. The molecule has 0 N–H and O–H groups in total. The Bertz CT molecular complexity index is 643. The number of hydrogen-bond donors (Lipinski definition) is 0. The summed E-state index contributed by atoms with van der Waals surface area (Å²) < 4.78 is 10.3. The second-order valence-electron chi connectivity index (χ2n) is 10.3. The minimum absolute atomic E-state index is 0.262. The molecule has 0 aromatic heterocycles. The van der Waals surface area contributed by atoms with Gasteiger partial charge in [-0.2, -0.15) is 9.78 Å². The van der Waals surface area contributed by atoms with Crippen LogP contribution in [-0.4, -0.2) is 47.3 Å². The molecule has 0 aromatic carbocycles. The monoisotopic (exact) mass is 486 g/mol. The van der Waals surface area contributed by atoms with Gasteiger partial charge in [0.1, 0.15) is 23.4 Å². The highest BCUT2D eigenvalue weighted by Gasteiger charge is 2.33. The number of hydrogen-bond acceptors (Lipinski definition) is 10. The largest absolute Gasteiger partial charge is 0.454 e. The van der Waals surface area contributed by atoms with Gasteiger partial charge in [-0.3, -0.25) is 9.78 Å². The van der Waals surface area contributed by atoms with Crippen molar-refractivity contribution >= 4 is 23.9 Å². The van der Waals surface area contributed by atoms with E-state index in [0.29, 0.717) is 12.8 Å². The minimum atomic E-state index is -1.21. The summed E-state index contributed by atoms with van der Waals surface area (Å²) in [6, 6.07) is 0. The van der Waals surface area contributed by atoms with Gasteiger partial charge in [0.2, 0.25) is 0 Å². The fourth-order valence-corrected chi connectivity index (χ4v) is 3.82. The van der Waals surface area contributed by atoms with Crippen molar-refractivity contribution < 1.29 is 48.2 Å². The lowest BCUT2D eigenvalue weighted by molar-refractivity contribution is -0.339. The molecular weight excluding hydrogens is 448 g/mol. The summed E-state index contributed by atoms with van der Waals surface area (Å²) in [5, 5.41) is 0. The summed E-state index contributed by atoms with van der Waals surface area (Å²) in [7, 11) is 0. The van der Waals surface area contributed by atoms with Crippen molar-refractivity contribution in [2.45, 2.75) is 128 Å². The van der Waals surface area contributed by atoms with Crippen LogP contribution in [0.4, 0.5) is 0 Å². The van der Waals surface area contributed by atoms with Crippen LogP contribution in [0.25, 0.3) is 0 Å². The van der Waals surface area contributed by atoms with Crippen LogP contribution in [-0.2, 0) is 48.2 Å². The fraction of sp³-hybridized carbons (Fsp3) is 0.833. The molecule has 0 aromatic rings. The minimum Gasteiger partial charge on any atom is -0.454 e. The molecule has 0 saturated heterocycles. The first kappa shape index (κ1) is 28.0. The molecule has 0 amide bonds. The molecule has 0 unspecified atom stereocenters. The zero-order chi connectivity index (χ0) is 25.2. The van der Waals surface area contributed by atoms with Crippen LogP contribution in [0, 0.1) is 0 Å². The molecule has 2 aliphatic rings. The molecule has 0 bridgehead atoms. The molecule has 10 nitrogen and oxygen atoms in total. The van der Waals surface area contributed by atoms with E-state index < -0.39 is 35.1 Å². The molecule has 2 aliphatic carbocycles. The molecular formula is C24H38O10. The van der Waals surface area contributed by atoms with Crippen LogP contribution in [0.3, 0.4) is 0 Å². The number of rotatable bonds is 9. The maximum absolute atomic E-state index is 11.9. The zero-order valence-electron chi connectivity index (χ0n) is 20.7. The zero-order valence-corrected chi connectivity index (χ0v) is 20.7. The second kappa shape index (κ2) is 13.0. The second-order valence-corrected chi connectivity index (χ2v) is 10.3. The van der Waals surface area contributed by atoms with Gasteiger partial charge in [-0.05, 0) is 91.9 Å². The molecule has 10 heteroatoms. The lowest BCUT2D eigenvalue weighted by Crippen LogP contribution is -2.35. The lowest BCUT2D eigenvalue weighted by Gasteiger charge is -2.28. The Labute approximate surface area is 200 Å². The summed E-state index contributed by atoms with van der Waals surface area (Å²) >= 11 is 0. The highest BCUT2D eigenvalue weighted by molar-refractivity contribution is 6.29. The van der Waals surface area contributed by atoms with E-state index in [-0.39, 0.29) is 12.2 Å². The summed E-state index contributed by atoms with van der Waals surface area (Å²) in [6.45, 7) is 6.65. The van der Waals surface area contributed by atoms with Gasteiger partial charge < -0.3 is 9.47 Å². The number of esters is 2. The highest BCUT2D eigenvalue weighted by Crippen LogP contribution is 2.26. The van der Waals surface area contributed by atoms with Gasteiger partial charge >= 0.3 is 23.9 Å². The SMILES string of the molecule is CC(C)(CCC(C)(C)OOC(=O)C(=O)OC1CCCCC1)OOC(=O)C(=O)OC1CCCCC1. The topological polar surface area (TPSA) is 124 Å². The first-order valence-corrected chi connectivity index (χ1v) is 12.2. The highest BCUT2D eigenvalue weighted by atomic mass is 17.2. The van der Waals surface area contributed by atoms with Crippen molar-refractivity contribution in [3.8, 4) is 0 Å². The average Bonchev–Trinajstić information content (AvgIpc) is 2.81. The quantitative estimate of drug-likeness (QED) is 0.204. The van der Waals surface area contributed by atoms with Gasteiger partial charge in [-0.15, -0.1) is 0 Å². The average molecular weight is 487 g/mol. The van der Waals surface area contributed by atoms with Crippen molar-refractivity contribution in [2.75, 3.05) is 0 Å². The van der Waals surface area contributed by atoms with Gasteiger partial charge in [-0.1, -0.05) is 12.8 Å². The van der Waals surface area contributed by atoms with Gasteiger partial charge in [0.15, 0.2) is 0 Å². The lowest BCUT2D eigenvalue weighted by atomic mass is 9.94. The van der Waals surface area contributed by atoms with Crippen LogP contribution in [0.1, 0.15) is 105 Å². The van der Waals surface area contributed by atoms with Crippen molar-refractivity contribution in [1.82, 2.24) is 0 Å². The van der Waals surface area contributed by atoms with Crippen LogP contribution < -0.4 is 0 Å².